The number of hydrogen-bond acceptors (Lipinski definition) is 5. The van der Waals surface area contributed by atoms with Gasteiger partial charge in [0.25, 0.3) is 10.1 Å². The molecule has 0 spiro atoms. The summed E-state index contributed by atoms with van der Waals surface area (Å²) in [5, 5.41) is 2.65. The molecule has 1 aliphatic heterocycles. The van der Waals surface area contributed by atoms with Crippen LogP contribution in [0.15, 0.2) is 24.5 Å². The van der Waals surface area contributed by atoms with Crippen molar-refractivity contribution in [3.05, 3.63) is 24.5 Å². The Morgan fingerprint density at radius 2 is 2.28 bits per heavy atom. The lowest BCUT2D eigenvalue weighted by atomic mass is 10.2. The Morgan fingerprint density at radius 1 is 1.56 bits per heavy atom. The lowest BCUT2D eigenvalue weighted by molar-refractivity contribution is 0.0547. The second kappa shape index (κ2) is 4.91. The largest absolute Gasteiger partial charge is 0.322 e. The van der Waals surface area contributed by atoms with Crippen molar-refractivity contribution < 1.29 is 17.4 Å². The van der Waals surface area contributed by atoms with Gasteiger partial charge >= 0.3 is 6.03 Å². The Morgan fingerprint density at radius 3 is 2.83 bits per heavy atom. The fraction of sp³-hybridized carbons (Fsp3) is 0.400. The Balaban J connectivity index is 1.80. The number of anilines is 1. The summed E-state index contributed by atoms with van der Waals surface area (Å²) in [6.07, 6.45) is 3.68. The Hall–Kier alpha value is -1.67. The number of nitrogens with one attached hydrogen (secondary N) is 1. The number of carbonyl (C=O) groups excluding carboxylic acids is 1. The van der Waals surface area contributed by atoms with Gasteiger partial charge in [-0.2, -0.15) is 8.42 Å². The van der Waals surface area contributed by atoms with Gasteiger partial charge in [0.2, 0.25) is 0 Å². The minimum atomic E-state index is -3.46. The van der Waals surface area contributed by atoms with E-state index >= 15 is 0 Å². The number of nitrogens with zero attached hydrogens (tertiary/aromatic N) is 2. The Kier molecular flexibility index (Phi) is 3.48. The smallest absolute Gasteiger partial charge is 0.319 e. The summed E-state index contributed by atoms with van der Waals surface area (Å²) in [5.41, 5.74) is 0.593. The third-order valence-corrected chi connectivity index (χ3v) is 2.98. The number of rotatable bonds is 3. The van der Waals surface area contributed by atoms with E-state index in [1.807, 2.05) is 0 Å². The highest BCUT2D eigenvalue weighted by molar-refractivity contribution is 7.86. The van der Waals surface area contributed by atoms with E-state index in [1.165, 1.54) is 11.1 Å². The number of amides is 2. The molecule has 18 heavy (non-hydrogen) atoms. The molecule has 1 fully saturated rings. The van der Waals surface area contributed by atoms with Crippen LogP contribution in [0.3, 0.4) is 0 Å². The van der Waals surface area contributed by atoms with Crippen molar-refractivity contribution in [3.8, 4) is 0 Å². The average molecular weight is 271 g/mol. The molecule has 0 aliphatic carbocycles. The molecule has 1 aliphatic rings. The molecule has 2 heterocycles. The maximum Gasteiger partial charge on any atom is 0.322 e. The third kappa shape index (κ3) is 3.41. The molecule has 1 aromatic rings. The van der Waals surface area contributed by atoms with Gasteiger partial charge in [0.05, 0.1) is 31.2 Å². The van der Waals surface area contributed by atoms with Crippen LogP contribution in [-0.4, -0.2) is 49.8 Å². The van der Waals surface area contributed by atoms with E-state index in [1.54, 1.807) is 18.3 Å². The molecule has 1 aromatic heterocycles. The zero-order valence-corrected chi connectivity index (χ0v) is 10.6. The standard InChI is InChI=1S/C10H13N3O4S/c1-18(15,16)17-9-6-13(7-9)10(14)12-8-3-2-4-11-5-8/h2-5,9H,6-7H2,1H3,(H,12,14). The van der Waals surface area contributed by atoms with Crippen LogP contribution < -0.4 is 5.32 Å². The monoisotopic (exact) mass is 271 g/mol. The molecule has 0 bridgehead atoms. The highest BCUT2D eigenvalue weighted by Gasteiger charge is 2.33. The SMILES string of the molecule is CS(=O)(=O)OC1CN(C(=O)Nc2cccnc2)C1. The van der Waals surface area contributed by atoms with Crippen LogP contribution in [0.25, 0.3) is 0 Å². The molecule has 7 nitrogen and oxygen atoms in total. The Labute approximate surface area is 105 Å². The fourth-order valence-corrected chi connectivity index (χ4v) is 2.17. The topological polar surface area (TPSA) is 88.6 Å². The number of hydrogen-bond donors (Lipinski definition) is 1. The summed E-state index contributed by atoms with van der Waals surface area (Å²) >= 11 is 0. The van der Waals surface area contributed by atoms with E-state index in [0.717, 1.165) is 6.26 Å². The quantitative estimate of drug-likeness (QED) is 0.797. The van der Waals surface area contributed by atoms with E-state index in [0.29, 0.717) is 5.69 Å². The van der Waals surface area contributed by atoms with E-state index in [9.17, 15) is 13.2 Å². The molecule has 0 saturated carbocycles. The van der Waals surface area contributed by atoms with Crippen molar-refractivity contribution >= 4 is 21.8 Å². The van der Waals surface area contributed by atoms with Crippen LogP contribution in [0.1, 0.15) is 0 Å². The molecule has 0 aromatic carbocycles. The maximum absolute atomic E-state index is 11.7. The van der Waals surface area contributed by atoms with Gasteiger partial charge in [0, 0.05) is 6.20 Å². The molecule has 0 radical (unpaired) electrons. The van der Waals surface area contributed by atoms with Gasteiger partial charge in [-0.15, -0.1) is 0 Å². The van der Waals surface area contributed by atoms with E-state index in [-0.39, 0.29) is 19.1 Å². The highest BCUT2D eigenvalue weighted by atomic mass is 32.2. The lowest BCUT2D eigenvalue weighted by Gasteiger charge is -2.37. The fourth-order valence-electron chi connectivity index (χ4n) is 1.55. The molecule has 98 valence electrons. The summed E-state index contributed by atoms with van der Waals surface area (Å²) in [5.74, 6) is 0. The van der Waals surface area contributed by atoms with Gasteiger partial charge in [0.1, 0.15) is 6.10 Å². The second-order valence-corrected chi connectivity index (χ2v) is 5.60. The summed E-state index contributed by atoms with van der Waals surface area (Å²) in [7, 11) is -3.46. The second-order valence-electron chi connectivity index (χ2n) is 4.00. The minimum Gasteiger partial charge on any atom is -0.319 e. The van der Waals surface area contributed by atoms with Gasteiger partial charge in [-0.05, 0) is 12.1 Å². The first kappa shape index (κ1) is 12.8. The normalized spacial score (nSPS) is 16.2. The van der Waals surface area contributed by atoms with Crippen LogP contribution in [0.4, 0.5) is 10.5 Å². The minimum absolute atomic E-state index is 0.263. The zero-order valence-electron chi connectivity index (χ0n) is 9.74. The molecule has 0 unspecified atom stereocenters. The highest BCUT2D eigenvalue weighted by Crippen LogP contribution is 2.15. The van der Waals surface area contributed by atoms with Gasteiger partial charge in [-0.3, -0.25) is 9.17 Å². The van der Waals surface area contributed by atoms with Crippen molar-refractivity contribution in [2.75, 3.05) is 24.7 Å². The molecular formula is C10H13N3O4S. The Bertz CT molecular complexity index is 525. The van der Waals surface area contributed by atoms with E-state index < -0.39 is 16.2 Å². The van der Waals surface area contributed by atoms with Crippen LogP contribution in [0.2, 0.25) is 0 Å². The van der Waals surface area contributed by atoms with Gasteiger partial charge < -0.3 is 10.2 Å². The summed E-state index contributed by atoms with van der Waals surface area (Å²) < 4.78 is 26.4. The third-order valence-electron chi connectivity index (χ3n) is 2.36. The van der Waals surface area contributed by atoms with E-state index in [2.05, 4.69) is 10.3 Å². The molecule has 0 atom stereocenters. The average Bonchev–Trinajstić information content (AvgIpc) is 2.23. The van der Waals surface area contributed by atoms with E-state index in [4.69, 9.17) is 4.18 Å². The molecule has 1 N–H and O–H groups in total. The van der Waals surface area contributed by atoms with Gasteiger partial charge in [-0.1, -0.05) is 0 Å². The maximum atomic E-state index is 11.7. The van der Waals surface area contributed by atoms with Crippen molar-refractivity contribution in [2.24, 2.45) is 0 Å². The number of aromatic nitrogens is 1. The predicted octanol–water partition coefficient (Wildman–Crippen LogP) is 0.274. The lowest BCUT2D eigenvalue weighted by Crippen LogP contribution is -2.56. The van der Waals surface area contributed by atoms with Crippen LogP contribution in [-0.2, 0) is 14.3 Å². The van der Waals surface area contributed by atoms with Crippen molar-refractivity contribution in [1.82, 2.24) is 9.88 Å². The summed E-state index contributed by atoms with van der Waals surface area (Å²) in [6, 6.07) is 3.13. The van der Waals surface area contributed by atoms with Crippen LogP contribution >= 0.6 is 0 Å². The summed E-state index contributed by atoms with van der Waals surface area (Å²) in [6.45, 7) is 0.526. The molecule has 2 amide bonds. The first-order chi connectivity index (χ1) is 8.44. The number of pyridine rings is 1. The zero-order chi connectivity index (χ0) is 13.2. The molecule has 8 heteroatoms. The first-order valence-corrected chi connectivity index (χ1v) is 7.10. The first-order valence-electron chi connectivity index (χ1n) is 5.28. The van der Waals surface area contributed by atoms with Crippen LogP contribution in [0.5, 0.6) is 0 Å². The number of urea groups is 1. The number of likely N-dealkylation sites (tertiary alicyclic amines) is 1. The van der Waals surface area contributed by atoms with Crippen molar-refractivity contribution in [2.45, 2.75) is 6.10 Å². The van der Waals surface area contributed by atoms with Crippen molar-refractivity contribution in [3.63, 3.8) is 0 Å². The molecule has 2 rings (SSSR count). The predicted molar refractivity (Wildman–Crippen MR) is 64.5 cm³/mol. The molecule has 1 saturated heterocycles. The van der Waals surface area contributed by atoms with Gasteiger partial charge in [-0.25, -0.2) is 4.79 Å². The number of carbonyl (C=O) groups is 1. The molecular weight excluding hydrogens is 258 g/mol. The van der Waals surface area contributed by atoms with Crippen molar-refractivity contribution in [1.29, 1.82) is 0 Å². The van der Waals surface area contributed by atoms with Crippen LogP contribution in [0, 0.1) is 0 Å². The summed E-state index contributed by atoms with van der Waals surface area (Å²) in [4.78, 5) is 17.0. The van der Waals surface area contributed by atoms with Gasteiger partial charge in [0.15, 0.2) is 0 Å².